The van der Waals surface area contributed by atoms with E-state index in [9.17, 15) is 9.59 Å². The Kier molecular flexibility index (Phi) is 4.41. The number of carbonyl (C=O) groups is 2. The summed E-state index contributed by atoms with van der Waals surface area (Å²) in [6.45, 7) is 1.53. The number of hydrogen-bond acceptors (Lipinski definition) is 5. The number of nitrogens with zero attached hydrogens (tertiary/aromatic N) is 1. The van der Waals surface area contributed by atoms with Crippen molar-refractivity contribution >= 4 is 11.9 Å². The summed E-state index contributed by atoms with van der Waals surface area (Å²) < 4.78 is 16.0. The Labute approximate surface area is 135 Å². The van der Waals surface area contributed by atoms with Crippen molar-refractivity contribution in [2.24, 2.45) is 5.92 Å². The molecular formula is C17H21NO5. The number of likely N-dealkylation sites (tertiary alicyclic amines) is 1. The standard InChI is InChI=1S/C17H21NO5/c1-21-13-6-5-11(9-14(13)22-2)16-12(10-15(19)23-16)17(20)18-7-3-4-8-18/h5-6,9,12,16H,3-4,7-8,10H2,1-2H3/t12-,16-/m1/s1. The van der Waals surface area contributed by atoms with Gasteiger partial charge < -0.3 is 19.1 Å². The quantitative estimate of drug-likeness (QED) is 0.794. The van der Waals surface area contributed by atoms with Gasteiger partial charge in [0.1, 0.15) is 6.10 Å². The van der Waals surface area contributed by atoms with Crippen LogP contribution in [0.25, 0.3) is 0 Å². The molecule has 0 saturated carbocycles. The van der Waals surface area contributed by atoms with Gasteiger partial charge in [-0.1, -0.05) is 6.07 Å². The lowest BCUT2D eigenvalue weighted by Gasteiger charge is -2.23. The molecule has 6 nitrogen and oxygen atoms in total. The molecule has 0 spiro atoms. The molecule has 0 bridgehead atoms. The third kappa shape index (κ3) is 2.98. The highest BCUT2D eigenvalue weighted by Gasteiger charge is 2.43. The third-order valence-corrected chi connectivity index (χ3v) is 4.48. The molecule has 0 radical (unpaired) electrons. The van der Waals surface area contributed by atoms with E-state index >= 15 is 0 Å². The molecular weight excluding hydrogens is 298 g/mol. The second-order valence-electron chi connectivity index (χ2n) is 5.87. The van der Waals surface area contributed by atoms with E-state index in [1.807, 2.05) is 11.0 Å². The molecule has 0 N–H and O–H groups in total. The number of hydrogen-bond donors (Lipinski definition) is 0. The average molecular weight is 319 g/mol. The van der Waals surface area contributed by atoms with Crippen LogP contribution in [0.5, 0.6) is 11.5 Å². The van der Waals surface area contributed by atoms with Gasteiger partial charge in [-0.05, 0) is 30.5 Å². The lowest BCUT2D eigenvalue weighted by Crippen LogP contribution is -2.35. The first-order valence-corrected chi connectivity index (χ1v) is 7.84. The number of rotatable bonds is 4. The minimum atomic E-state index is -0.560. The molecule has 0 unspecified atom stereocenters. The van der Waals surface area contributed by atoms with Gasteiger partial charge in [-0.2, -0.15) is 0 Å². The summed E-state index contributed by atoms with van der Waals surface area (Å²) >= 11 is 0. The first kappa shape index (κ1) is 15.6. The van der Waals surface area contributed by atoms with E-state index in [-0.39, 0.29) is 18.3 Å². The molecule has 1 aromatic carbocycles. The zero-order valence-electron chi connectivity index (χ0n) is 13.4. The molecule has 2 aliphatic rings. The summed E-state index contributed by atoms with van der Waals surface area (Å²) in [5.41, 5.74) is 0.756. The molecule has 1 amide bonds. The van der Waals surface area contributed by atoms with Gasteiger partial charge in [-0.25, -0.2) is 0 Å². The lowest BCUT2D eigenvalue weighted by atomic mass is 9.93. The van der Waals surface area contributed by atoms with Crippen LogP contribution in [-0.4, -0.2) is 44.1 Å². The molecule has 1 aromatic rings. The Morgan fingerprint density at radius 3 is 2.52 bits per heavy atom. The smallest absolute Gasteiger partial charge is 0.307 e. The van der Waals surface area contributed by atoms with Crippen LogP contribution in [0.1, 0.15) is 30.9 Å². The van der Waals surface area contributed by atoms with Gasteiger partial charge in [0.05, 0.1) is 26.6 Å². The topological polar surface area (TPSA) is 65.1 Å². The number of amides is 1. The summed E-state index contributed by atoms with van der Waals surface area (Å²) in [4.78, 5) is 26.3. The number of benzene rings is 1. The maximum absolute atomic E-state index is 12.7. The van der Waals surface area contributed by atoms with Crippen LogP contribution in [0, 0.1) is 5.92 Å². The first-order chi connectivity index (χ1) is 11.1. The van der Waals surface area contributed by atoms with Gasteiger partial charge in [-0.15, -0.1) is 0 Å². The second-order valence-corrected chi connectivity index (χ2v) is 5.87. The summed E-state index contributed by atoms with van der Waals surface area (Å²) in [6, 6.07) is 5.35. The predicted molar refractivity (Wildman–Crippen MR) is 82.3 cm³/mol. The van der Waals surface area contributed by atoms with E-state index in [4.69, 9.17) is 14.2 Å². The molecule has 3 rings (SSSR count). The average Bonchev–Trinajstić information content (AvgIpc) is 3.23. The number of carbonyl (C=O) groups excluding carboxylic acids is 2. The molecule has 0 aromatic heterocycles. The van der Waals surface area contributed by atoms with Gasteiger partial charge >= 0.3 is 5.97 Å². The van der Waals surface area contributed by atoms with Crippen molar-refractivity contribution in [3.63, 3.8) is 0 Å². The normalized spacial score (nSPS) is 23.7. The van der Waals surface area contributed by atoms with Crippen LogP contribution < -0.4 is 9.47 Å². The highest BCUT2D eigenvalue weighted by molar-refractivity contribution is 5.87. The Balaban J connectivity index is 1.87. The minimum absolute atomic E-state index is 0.00753. The molecule has 6 heteroatoms. The molecule has 23 heavy (non-hydrogen) atoms. The molecule has 2 saturated heterocycles. The van der Waals surface area contributed by atoms with Crippen LogP contribution in [0.15, 0.2) is 18.2 Å². The van der Waals surface area contributed by atoms with Crippen LogP contribution in [0.2, 0.25) is 0 Å². The number of esters is 1. The Hall–Kier alpha value is -2.24. The van der Waals surface area contributed by atoms with Gasteiger partial charge in [0.15, 0.2) is 11.5 Å². The van der Waals surface area contributed by atoms with Crippen LogP contribution in [0.4, 0.5) is 0 Å². The summed E-state index contributed by atoms with van der Waals surface area (Å²) in [5.74, 6) is 0.373. The van der Waals surface area contributed by atoms with Crippen molar-refractivity contribution in [2.45, 2.75) is 25.4 Å². The van der Waals surface area contributed by atoms with E-state index in [0.717, 1.165) is 31.5 Å². The molecule has 2 aliphatic heterocycles. The van der Waals surface area contributed by atoms with Crippen LogP contribution in [0.3, 0.4) is 0 Å². The van der Waals surface area contributed by atoms with Gasteiger partial charge in [0.25, 0.3) is 0 Å². The fourth-order valence-electron chi connectivity index (χ4n) is 3.28. The number of cyclic esters (lactones) is 1. The molecule has 0 aliphatic carbocycles. The zero-order valence-corrected chi connectivity index (χ0v) is 13.4. The highest BCUT2D eigenvalue weighted by atomic mass is 16.6. The van der Waals surface area contributed by atoms with E-state index in [1.54, 1.807) is 26.4 Å². The second kappa shape index (κ2) is 6.48. The van der Waals surface area contributed by atoms with E-state index < -0.39 is 12.0 Å². The van der Waals surface area contributed by atoms with Crippen LogP contribution in [-0.2, 0) is 14.3 Å². The van der Waals surface area contributed by atoms with Crippen molar-refractivity contribution in [3.05, 3.63) is 23.8 Å². The maximum atomic E-state index is 12.7. The minimum Gasteiger partial charge on any atom is -0.493 e. The predicted octanol–water partition coefficient (Wildman–Crippen LogP) is 1.93. The Morgan fingerprint density at radius 1 is 1.17 bits per heavy atom. The fourth-order valence-corrected chi connectivity index (χ4v) is 3.28. The molecule has 2 heterocycles. The largest absolute Gasteiger partial charge is 0.493 e. The lowest BCUT2D eigenvalue weighted by molar-refractivity contribution is -0.142. The molecule has 2 fully saturated rings. The maximum Gasteiger partial charge on any atom is 0.307 e. The summed E-state index contributed by atoms with van der Waals surface area (Å²) in [6.07, 6.45) is 1.62. The van der Waals surface area contributed by atoms with Crippen molar-refractivity contribution in [3.8, 4) is 11.5 Å². The number of ether oxygens (including phenoxy) is 3. The van der Waals surface area contributed by atoms with Crippen molar-refractivity contribution in [2.75, 3.05) is 27.3 Å². The van der Waals surface area contributed by atoms with Gasteiger partial charge in [0, 0.05) is 13.1 Å². The molecule has 2 atom stereocenters. The van der Waals surface area contributed by atoms with E-state index in [0.29, 0.717) is 11.5 Å². The third-order valence-electron chi connectivity index (χ3n) is 4.48. The van der Waals surface area contributed by atoms with E-state index in [2.05, 4.69) is 0 Å². The van der Waals surface area contributed by atoms with Gasteiger partial charge in [-0.3, -0.25) is 9.59 Å². The SMILES string of the molecule is COc1ccc([C@H]2OC(=O)C[C@H]2C(=O)N2CCCC2)cc1OC. The van der Waals surface area contributed by atoms with Crippen LogP contribution >= 0.6 is 0 Å². The zero-order chi connectivity index (χ0) is 16.4. The van der Waals surface area contributed by atoms with Crippen molar-refractivity contribution < 1.29 is 23.8 Å². The van der Waals surface area contributed by atoms with Crippen molar-refractivity contribution in [1.29, 1.82) is 0 Å². The van der Waals surface area contributed by atoms with E-state index in [1.165, 1.54) is 0 Å². The Morgan fingerprint density at radius 2 is 1.87 bits per heavy atom. The van der Waals surface area contributed by atoms with Gasteiger partial charge in [0.2, 0.25) is 5.91 Å². The fraction of sp³-hybridized carbons (Fsp3) is 0.529. The van der Waals surface area contributed by atoms with Crippen molar-refractivity contribution in [1.82, 2.24) is 4.90 Å². The molecule has 124 valence electrons. The summed E-state index contributed by atoms with van der Waals surface area (Å²) in [5, 5.41) is 0. The monoisotopic (exact) mass is 319 g/mol. The number of methoxy groups -OCH3 is 2. The summed E-state index contributed by atoms with van der Waals surface area (Å²) in [7, 11) is 3.11. The Bertz CT molecular complexity index is 609. The highest BCUT2D eigenvalue weighted by Crippen LogP contribution is 2.40. The first-order valence-electron chi connectivity index (χ1n) is 7.84.